The van der Waals surface area contributed by atoms with Crippen molar-refractivity contribution < 1.29 is 4.79 Å². The quantitative estimate of drug-likeness (QED) is 0.664. The number of anilines is 3. The molecule has 1 amide bonds. The van der Waals surface area contributed by atoms with E-state index < -0.39 is 0 Å². The predicted molar refractivity (Wildman–Crippen MR) is 103 cm³/mol. The second-order valence-corrected chi connectivity index (χ2v) is 6.95. The Morgan fingerprint density at radius 3 is 2.76 bits per heavy atom. The lowest BCUT2D eigenvalue weighted by Crippen LogP contribution is -2.31. The predicted octanol–water partition coefficient (Wildman–Crippen LogP) is 2.65. The van der Waals surface area contributed by atoms with Gasteiger partial charge in [-0.05, 0) is 31.9 Å². The maximum atomic E-state index is 11.9. The van der Waals surface area contributed by atoms with Crippen LogP contribution in [-0.2, 0) is 10.5 Å². The first-order chi connectivity index (χ1) is 12.0. The van der Waals surface area contributed by atoms with Gasteiger partial charge in [-0.25, -0.2) is 0 Å². The van der Waals surface area contributed by atoms with Crippen LogP contribution in [0.4, 0.5) is 17.6 Å². The molecule has 134 valence electrons. The van der Waals surface area contributed by atoms with E-state index in [1.54, 1.807) is 0 Å². The Bertz CT molecular complexity index is 724. The SMILES string of the molecule is CCCNC(=O)C(C)SCc1nc(N)nc(Nc2ccccc2C)n1. The summed E-state index contributed by atoms with van der Waals surface area (Å²) in [7, 11) is 0. The van der Waals surface area contributed by atoms with Crippen LogP contribution in [0, 0.1) is 6.92 Å². The van der Waals surface area contributed by atoms with Crippen LogP contribution < -0.4 is 16.4 Å². The number of aryl methyl sites for hydroxylation is 1. The lowest BCUT2D eigenvalue weighted by molar-refractivity contribution is -0.120. The van der Waals surface area contributed by atoms with Crippen LogP contribution in [0.1, 0.15) is 31.7 Å². The first-order valence-corrected chi connectivity index (χ1v) is 9.27. The second-order valence-electron chi connectivity index (χ2n) is 5.62. The normalized spacial score (nSPS) is 11.8. The summed E-state index contributed by atoms with van der Waals surface area (Å²) < 4.78 is 0. The summed E-state index contributed by atoms with van der Waals surface area (Å²) in [6.45, 7) is 6.58. The molecule has 0 bridgehead atoms. The first-order valence-electron chi connectivity index (χ1n) is 8.22. The molecule has 4 N–H and O–H groups in total. The largest absolute Gasteiger partial charge is 0.368 e. The summed E-state index contributed by atoms with van der Waals surface area (Å²) in [6.07, 6.45) is 0.918. The summed E-state index contributed by atoms with van der Waals surface area (Å²) >= 11 is 1.47. The number of carbonyl (C=O) groups excluding carboxylic acids is 1. The minimum Gasteiger partial charge on any atom is -0.368 e. The minimum absolute atomic E-state index is 0.0205. The van der Waals surface area contributed by atoms with E-state index >= 15 is 0 Å². The molecular formula is C17H24N6OS. The van der Waals surface area contributed by atoms with Crippen molar-refractivity contribution in [3.63, 3.8) is 0 Å². The van der Waals surface area contributed by atoms with Crippen molar-refractivity contribution in [2.45, 2.75) is 38.2 Å². The fraction of sp³-hybridized carbons (Fsp3) is 0.412. The summed E-state index contributed by atoms with van der Waals surface area (Å²) in [5, 5.41) is 5.86. The fourth-order valence-electron chi connectivity index (χ4n) is 2.06. The van der Waals surface area contributed by atoms with E-state index in [1.807, 2.05) is 45.0 Å². The van der Waals surface area contributed by atoms with Crippen molar-refractivity contribution in [3.05, 3.63) is 35.7 Å². The Morgan fingerprint density at radius 2 is 2.04 bits per heavy atom. The Balaban J connectivity index is 2.01. The zero-order valence-electron chi connectivity index (χ0n) is 14.7. The number of nitrogen functional groups attached to an aromatic ring is 1. The number of amides is 1. The molecule has 0 aliphatic carbocycles. The number of para-hydroxylation sites is 1. The van der Waals surface area contributed by atoms with Crippen LogP contribution in [0.25, 0.3) is 0 Å². The number of aromatic nitrogens is 3. The maximum absolute atomic E-state index is 11.9. The summed E-state index contributed by atoms with van der Waals surface area (Å²) in [5.74, 6) is 1.61. The van der Waals surface area contributed by atoms with E-state index in [-0.39, 0.29) is 17.1 Å². The smallest absolute Gasteiger partial charge is 0.232 e. The monoisotopic (exact) mass is 360 g/mol. The van der Waals surface area contributed by atoms with Gasteiger partial charge in [-0.2, -0.15) is 15.0 Å². The highest BCUT2D eigenvalue weighted by atomic mass is 32.2. The van der Waals surface area contributed by atoms with Crippen molar-refractivity contribution in [2.24, 2.45) is 0 Å². The van der Waals surface area contributed by atoms with Gasteiger partial charge in [-0.15, -0.1) is 11.8 Å². The van der Waals surface area contributed by atoms with Gasteiger partial charge in [0.15, 0.2) is 0 Å². The molecule has 2 rings (SSSR count). The number of thioether (sulfide) groups is 1. The van der Waals surface area contributed by atoms with Gasteiger partial charge >= 0.3 is 0 Å². The Morgan fingerprint density at radius 1 is 1.28 bits per heavy atom. The van der Waals surface area contributed by atoms with E-state index in [9.17, 15) is 4.79 Å². The molecule has 1 unspecified atom stereocenters. The molecule has 8 heteroatoms. The molecule has 0 fully saturated rings. The molecule has 0 radical (unpaired) electrons. The highest BCUT2D eigenvalue weighted by Crippen LogP contribution is 2.20. The molecule has 0 saturated heterocycles. The standard InChI is InChI=1S/C17H24N6OS/c1-4-9-19-15(24)12(3)25-10-14-21-16(18)23-17(22-14)20-13-8-6-5-7-11(13)2/h5-8,12H,4,9-10H2,1-3H3,(H,19,24)(H3,18,20,21,22,23). The van der Waals surface area contributed by atoms with Gasteiger partial charge in [0.25, 0.3) is 0 Å². The summed E-state index contributed by atoms with van der Waals surface area (Å²) in [6, 6.07) is 7.85. The van der Waals surface area contributed by atoms with E-state index in [1.165, 1.54) is 11.8 Å². The van der Waals surface area contributed by atoms with Crippen LogP contribution in [0.2, 0.25) is 0 Å². The number of nitrogens with zero attached hydrogens (tertiary/aromatic N) is 3. The number of hydrogen-bond acceptors (Lipinski definition) is 7. The topological polar surface area (TPSA) is 106 Å². The fourth-order valence-corrected chi connectivity index (χ4v) is 2.82. The van der Waals surface area contributed by atoms with Gasteiger partial charge in [-0.3, -0.25) is 4.79 Å². The number of carbonyl (C=O) groups is 1. The van der Waals surface area contributed by atoms with E-state index in [0.717, 1.165) is 17.7 Å². The summed E-state index contributed by atoms with van der Waals surface area (Å²) in [5.41, 5.74) is 7.79. The molecule has 1 aromatic heterocycles. The van der Waals surface area contributed by atoms with Gasteiger partial charge in [0.1, 0.15) is 5.82 Å². The van der Waals surface area contributed by atoms with Crippen LogP contribution in [0.15, 0.2) is 24.3 Å². The number of benzene rings is 1. The molecule has 1 aromatic carbocycles. The van der Waals surface area contributed by atoms with E-state index in [4.69, 9.17) is 5.73 Å². The third-order valence-corrected chi connectivity index (χ3v) is 4.61. The molecule has 1 heterocycles. The number of nitrogens with two attached hydrogens (primary N) is 1. The lowest BCUT2D eigenvalue weighted by Gasteiger charge is -2.12. The highest BCUT2D eigenvalue weighted by Gasteiger charge is 2.14. The average Bonchev–Trinajstić information content (AvgIpc) is 2.59. The van der Waals surface area contributed by atoms with E-state index in [0.29, 0.717) is 24.1 Å². The highest BCUT2D eigenvalue weighted by molar-refractivity contribution is 7.99. The van der Waals surface area contributed by atoms with Crippen molar-refractivity contribution in [1.82, 2.24) is 20.3 Å². The Hall–Kier alpha value is -2.35. The van der Waals surface area contributed by atoms with E-state index in [2.05, 4.69) is 25.6 Å². The van der Waals surface area contributed by atoms with Crippen LogP contribution in [0.5, 0.6) is 0 Å². The number of nitrogens with one attached hydrogen (secondary N) is 2. The van der Waals surface area contributed by atoms with Crippen LogP contribution >= 0.6 is 11.8 Å². The zero-order chi connectivity index (χ0) is 18.2. The number of hydrogen-bond donors (Lipinski definition) is 3. The van der Waals surface area contributed by atoms with Gasteiger partial charge in [0.05, 0.1) is 11.0 Å². The van der Waals surface area contributed by atoms with Gasteiger partial charge < -0.3 is 16.4 Å². The third kappa shape index (κ3) is 5.90. The molecule has 0 spiro atoms. The van der Waals surface area contributed by atoms with Crippen LogP contribution in [0.3, 0.4) is 0 Å². The summed E-state index contributed by atoms with van der Waals surface area (Å²) in [4.78, 5) is 24.6. The van der Waals surface area contributed by atoms with Gasteiger partial charge in [0.2, 0.25) is 17.8 Å². The molecule has 25 heavy (non-hydrogen) atoms. The van der Waals surface area contributed by atoms with Gasteiger partial charge in [0, 0.05) is 12.2 Å². The molecule has 1 atom stereocenters. The zero-order valence-corrected chi connectivity index (χ0v) is 15.6. The number of rotatable bonds is 8. The average molecular weight is 360 g/mol. The van der Waals surface area contributed by atoms with Crippen molar-refractivity contribution in [1.29, 1.82) is 0 Å². The van der Waals surface area contributed by atoms with Crippen molar-refractivity contribution in [3.8, 4) is 0 Å². The second kappa shape index (κ2) is 9.22. The lowest BCUT2D eigenvalue weighted by atomic mass is 10.2. The Kier molecular flexibility index (Phi) is 7.00. The Labute approximate surface area is 152 Å². The molecule has 0 saturated carbocycles. The van der Waals surface area contributed by atoms with Crippen molar-refractivity contribution >= 4 is 35.3 Å². The van der Waals surface area contributed by atoms with Gasteiger partial charge in [-0.1, -0.05) is 25.1 Å². The van der Waals surface area contributed by atoms with Crippen molar-refractivity contribution in [2.75, 3.05) is 17.6 Å². The molecule has 0 aliphatic heterocycles. The molecular weight excluding hydrogens is 336 g/mol. The minimum atomic E-state index is -0.183. The molecule has 2 aromatic rings. The molecule has 7 nitrogen and oxygen atoms in total. The first kappa shape index (κ1) is 19.0. The maximum Gasteiger partial charge on any atom is 0.232 e. The van der Waals surface area contributed by atoms with Crippen LogP contribution in [-0.4, -0.2) is 32.7 Å². The molecule has 0 aliphatic rings. The third-order valence-electron chi connectivity index (χ3n) is 3.47.